The number of piperazine rings is 1. The van der Waals surface area contributed by atoms with Gasteiger partial charge in [-0.2, -0.15) is 0 Å². The molecule has 152 valence electrons. The molecule has 3 aromatic rings. The lowest BCUT2D eigenvalue weighted by Gasteiger charge is -2.34. The minimum atomic E-state index is 0.117. The molecule has 6 nitrogen and oxygen atoms in total. The Morgan fingerprint density at radius 2 is 1.72 bits per heavy atom. The monoisotopic (exact) mass is 392 g/mol. The first-order valence-electron chi connectivity index (χ1n) is 10.4. The lowest BCUT2D eigenvalue weighted by molar-refractivity contribution is 0.252. The molecule has 1 aliphatic rings. The molecule has 0 radical (unpaired) electrons. The molecule has 2 aromatic heterocycles. The number of aryl methyl sites for hydroxylation is 3. The van der Waals surface area contributed by atoms with Crippen molar-refractivity contribution in [1.82, 2.24) is 14.9 Å². The van der Waals surface area contributed by atoms with E-state index in [-0.39, 0.29) is 5.43 Å². The number of unbranched alkanes of at least 4 members (excludes halogenated alkanes) is 1. The zero-order valence-electron chi connectivity index (χ0n) is 17.2. The Labute approximate surface area is 171 Å². The molecule has 1 aliphatic heterocycles. The summed E-state index contributed by atoms with van der Waals surface area (Å²) in [5.41, 5.74) is 3.86. The summed E-state index contributed by atoms with van der Waals surface area (Å²) < 4.78 is 5.73. The zero-order valence-corrected chi connectivity index (χ0v) is 17.2. The van der Waals surface area contributed by atoms with E-state index in [9.17, 15) is 4.79 Å². The number of fused-ring (bicyclic) bond motifs is 1. The van der Waals surface area contributed by atoms with E-state index in [1.807, 2.05) is 32.0 Å². The first-order chi connectivity index (χ1) is 14.1. The van der Waals surface area contributed by atoms with E-state index in [1.54, 1.807) is 18.7 Å². The van der Waals surface area contributed by atoms with Crippen molar-refractivity contribution in [3.05, 3.63) is 63.8 Å². The number of hydrogen-bond donors (Lipinski definition) is 0. The lowest BCUT2D eigenvalue weighted by atomic mass is 10.0. The fourth-order valence-electron chi connectivity index (χ4n) is 3.88. The molecule has 29 heavy (non-hydrogen) atoms. The Balaban J connectivity index is 1.26. The molecule has 6 heteroatoms. The molecule has 0 atom stereocenters. The zero-order chi connectivity index (χ0) is 20.2. The molecule has 0 N–H and O–H groups in total. The van der Waals surface area contributed by atoms with Crippen LogP contribution in [0.25, 0.3) is 11.0 Å². The number of anilines is 1. The first kappa shape index (κ1) is 19.6. The van der Waals surface area contributed by atoms with Gasteiger partial charge in [0, 0.05) is 44.1 Å². The van der Waals surface area contributed by atoms with Crippen LogP contribution in [0.5, 0.6) is 0 Å². The number of hydrogen-bond acceptors (Lipinski definition) is 6. The Kier molecular flexibility index (Phi) is 5.90. The van der Waals surface area contributed by atoms with E-state index >= 15 is 0 Å². The van der Waals surface area contributed by atoms with Gasteiger partial charge >= 0.3 is 0 Å². The molecule has 1 aromatic carbocycles. The van der Waals surface area contributed by atoms with Crippen molar-refractivity contribution in [2.24, 2.45) is 0 Å². The van der Waals surface area contributed by atoms with Gasteiger partial charge in [-0.15, -0.1) is 0 Å². The van der Waals surface area contributed by atoms with Gasteiger partial charge < -0.3 is 9.32 Å². The van der Waals surface area contributed by atoms with Gasteiger partial charge in [0.05, 0.1) is 11.6 Å². The Morgan fingerprint density at radius 3 is 2.48 bits per heavy atom. The SMILES string of the molecule is Cc1cc2occ(CCCCN3CCN(c4ncccn4)CC3)c(=O)c2cc1C. The Hall–Kier alpha value is -2.73. The second-order valence-electron chi connectivity index (χ2n) is 7.86. The molecular weight excluding hydrogens is 364 g/mol. The van der Waals surface area contributed by atoms with Crippen LogP contribution in [-0.4, -0.2) is 47.6 Å². The lowest BCUT2D eigenvalue weighted by Crippen LogP contribution is -2.47. The van der Waals surface area contributed by atoms with Crippen molar-refractivity contribution in [3.8, 4) is 0 Å². The van der Waals surface area contributed by atoms with E-state index in [4.69, 9.17) is 4.42 Å². The molecule has 0 amide bonds. The van der Waals surface area contributed by atoms with Crippen molar-refractivity contribution in [1.29, 1.82) is 0 Å². The van der Waals surface area contributed by atoms with Crippen LogP contribution in [0.1, 0.15) is 29.5 Å². The molecule has 0 unspecified atom stereocenters. The average molecular weight is 393 g/mol. The predicted octanol–water partition coefficient (Wildman–Crippen LogP) is 3.34. The summed E-state index contributed by atoms with van der Waals surface area (Å²) in [7, 11) is 0. The molecule has 3 heterocycles. The molecule has 0 spiro atoms. The highest BCUT2D eigenvalue weighted by Gasteiger charge is 2.18. The number of benzene rings is 1. The maximum atomic E-state index is 12.8. The average Bonchev–Trinajstić information content (AvgIpc) is 2.75. The van der Waals surface area contributed by atoms with E-state index in [0.717, 1.165) is 74.6 Å². The minimum Gasteiger partial charge on any atom is -0.464 e. The predicted molar refractivity (Wildman–Crippen MR) is 116 cm³/mol. The van der Waals surface area contributed by atoms with Crippen LogP contribution in [0.3, 0.4) is 0 Å². The van der Waals surface area contributed by atoms with E-state index in [0.29, 0.717) is 11.0 Å². The summed E-state index contributed by atoms with van der Waals surface area (Å²) in [6.45, 7) is 9.08. The summed E-state index contributed by atoms with van der Waals surface area (Å²) in [5.74, 6) is 0.820. The van der Waals surface area contributed by atoms with E-state index in [1.165, 1.54) is 0 Å². The maximum Gasteiger partial charge on any atom is 0.225 e. The highest BCUT2D eigenvalue weighted by molar-refractivity contribution is 5.78. The summed E-state index contributed by atoms with van der Waals surface area (Å²) >= 11 is 0. The molecule has 0 bridgehead atoms. The van der Waals surface area contributed by atoms with Gasteiger partial charge in [-0.3, -0.25) is 9.69 Å². The van der Waals surface area contributed by atoms with Crippen molar-refractivity contribution >= 4 is 16.9 Å². The largest absolute Gasteiger partial charge is 0.464 e. The van der Waals surface area contributed by atoms with Crippen LogP contribution >= 0.6 is 0 Å². The molecule has 0 saturated carbocycles. The third-order valence-corrected chi connectivity index (χ3v) is 5.84. The number of aromatic nitrogens is 2. The van der Waals surface area contributed by atoms with Crippen molar-refractivity contribution < 1.29 is 4.42 Å². The quantitative estimate of drug-likeness (QED) is 0.600. The Morgan fingerprint density at radius 1 is 1.00 bits per heavy atom. The number of nitrogens with zero attached hydrogens (tertiary/aromatic N) is 4. The van der Waals surface area contributed by atoms with Gasteiger partial charge in [-0.25, -0.2) is 9.97 Å². The van der Waals surface area contributed by atoms with Crippen LogP contribution in [0.2, 0.25) is 0 Å². The third kappa shape index (κ3) is 4.48. The molecule has 0 aliphatic carbocycles. The fourth-order valence-corrected chi connectivity index (χ4v) is 3.88. The van der Waals surface area contributed by atoms with Crippen molar-refractivity contribution in [2.75, 3.05) is 37.6 Å². The second-order valence-corrected chi connectivity index (χ2v) is 7.86. The van der Waals surface area contributed by atoms with Gasteiger partial charge in [-0.05, 0) is 69.0 Å². The van der Waals surface area contributed by atoms with Gasteiger partial charge in [0.25, 0.3) is 0 Å². The van der Waals surface area contributed by atoms with Gasteiger partial charge in [0.1, 0.15) is 5.58 Å². The normalized spacial score (nSPS) is 15.2. The summed E-state index contributed by atoms with van der Waals surface area (Å²) in [6, 6.07) is 5.75. The van der Waals surface area contributed by atoms with Crippen LogP contribution in [0.4, 0.5) is 5.95 Å². The topological polar surface area (TPSA) is 62.5 Å². The molecule has 4 rings (SSSR count). The fraction of sp³-hybridized carbons (Fsp3) is 0.435. The van der Waals surface area contributed by atoms with E-state index in [2.05, 4.69) is 19.8 Å². The summed E-state index contributed by atoms with van der Waals surface area (Å²) in [4.78, 5) is 26.2. The smallest absolute Gasteiger partial charge is 0.225 e. The van der Waals surface area contributed by atoms with Gasteiger partial charge in [-0.1, -0.05) is 0 Å². The van der Waals surface area contributed by atoms with Crippen LogP contribution in [0.15, 0.2) is 46.1 Å². The van der Waals surface area contributed by atoms with Crippen molar-refractivity contribution in [2.45, 2.75) is 33.1 Å². The molecular formula is C23H28N4O2. The minimum absolute atomic E-state index is 0.117. The van der Waals surface area contributed by atoms with Crippen LogP contribution < -0.4 is 10.3 Å². The molecule has 1 fully saturated rings. The summed E-state index contributed by atoms with van der Waals surface area (Å²) in [6.07, 6.45) is 8.07. The highest BCUT2D eigenvalue weighted by Crippen LogP contribution is 2.18. The van der Waals surface area contributed by atoms with Crippen molar-refractivity contribution in [3.63, 3.8) is 0 Å². The second kappa shape index (κ2) is 8.74. The first-order valence-corrected chi connectivity index (χ1v) is 10.4. The van der Waals surface area contributed by atoms with Crippen LogP contribution in [-0.2, 0) is 6.42 Å². The Bertz CT molecular complexity index is 1020. The summed E-state index contributed by atoms with van der Waals surface area (Å²) in [5, 5.41) is 0.699. The van der Waals surface area contributed by atoms with Crippen LogP contribution in [0, 0.1) is 13.8 Å². The van der Waals surface area contributed by atoms with Gasteiger partial charge in [0.2, 0.25) is 5.95 Å². The third-order valence-electron chi connectivity index (χ3n) is 5.84. The highest BCUT2D eigenvalue weighted by atomic mass is 16.3. The van der Waals surface area contributed by atoms with E-state index < -0.39 is 0 Å². The number of rotatable bonds is 6. The molecule has 1 saturated heterocycles. The van der Waals surface area contributed by atoms with Gasteiger partial charge in [0.15, 0.2) is 5.43 Å². The maximum absolute atomic E-state index is 12.8. The standard InChI is InChI=1S/C23H28N4O2/c1-17-14-20-21(15-18(17)2)29-16-19(22(20)28)6-3-4-9-26-10-12-27(13-11-26)23-24-7-5-8-25-23/h5,7-8,14-16H,3-4,6,9-13H2,1-2H3.